The molecule has 1 N–H and O–H groups in total. The molecule has 1 heterocycles. The molecule has 3 rings (SSSR count). The lowest BCUT2D eigenvalue weighted by Crippen LogP contribution is -2.40. The van der Waals surface area contributed by atoms with Crippen molar-refractivity contribution in [3.63, 3.8) is 0 Å². The number of hydrogen-bond donors (Lipinski definition) is 1. The Morgan fingerprint density at radius 2 is 2.00 bits per heavy atom. The quantitative estimate of drug-likeness (QED) is 0.699. The van der Waals surface area contributed by atoms with Crippen LogP contribution in [0.3, 0.4) is 0 Å². The van der Waals surface area contributed by atoms with Crippen molar-refractivity contribution >= 4 is 16.5 Å². The van der Waals surface area contributed by atoms with Crippen LogP contribution in [0.1, 0.15) is 5.56 Å². The molecule has 0 spiro atoms. The van der Waals surface area contributed by atoms with Gasteiger partial charge in [0.15, 0.2) is 0 Å². The first kappa shape index (κ1) is 8.74. The van der Waals surface area contributed by atoms with Crippen molar-refractivity contribution in [2.24, 2.45) is 0 Å². The second kappa shape index (κ2) is 3.24. The van der Waals surface area contributed by atoms with Gasteiger partial charge in [0.25, 0.3) is 0 Å². The molecule has 2 aromatic rings. The summed E-state index contributed by atoms with van der Waals surface area (Å²) >= 11 is 0. The van der Waals surface area contributed by atoms with Gasteiger partial charge in [-0.25, -0.2) is 5.43 Å². The fraction of sp³-hybridized carbons (Fsp3) is 0.231. The number of fused-ring (bicyclic) bond motifs is 3. The summed E-state index contributed by atoms with van der Waals surface area (Å²) in [5.74, 6) is 0. The minimum absolute atomic E-state index is 1.03. The average molecular weight is 198 g/mol. The summed E-state index contributed by atoms with van der Waals surface area (Å²) in [5, 5.41) is 4.85. The molecule has 0 bridgehead atoms. The van der Waals surface area contributed by atoms with Gasteiger partial charge >= 0.3 is 0 Å². The lowest BCUT2D eigenvalue weighted by Gasteiger charge is -2.29. The second-order valence-corrected chi connectivity index (χ2v) is 4.00. The standard InChI is InChI=1S/C13H14N2/c1-15-13-7-6-10-4-2-3-5-11(10)12(13)8-9-14-15/h2-7,14H,8-9H2,1H3. The molecule has 0 saturated heterocycles. The zero-order chi connectivity index (χ0) is 10.3. The third-order valence-electron chi connectivity index (χ3n) is 3.10. The number of rotatable bonds is 0. The van der Waals surface area contributed by atoms with Crippen molar-refractivity contribution in [1.29, 1.82) is 0 Å². The highest BCUT2D eigenvalue weighted by atomic mass is 15.5. The molecule has 1 aliphatic heterocycles. The molecular weight excluding hydrogens is 184 g/mol. The molecule has 2 aromatic carbocycles. The van der Waals surface area contributed by atoms with Crippen molar-refractivity contribution in [2.45, 2.75) is 6.42 Å². The summed E-state index contributed by atoms with van der Waals surface area (Å²) in [6, 6.07) is 13.0. The SMILES string of the molecule is CN1NCCc2c1ccc1ccccc21. The topological polar surface area (TPSA) is 15.3 Å². The maximum absolute atomic E-state index is 3.34. The number of anilines is 1. The summed E-state index contributed by atoms with van der Waals surface area (Å²) in [6.07, 6.45) is 1.11. The van der Waals surface area contributed by atoms with Crippen LogP contribution >= 0.6 is 0 Å². The Bertz CT molecular complexity index is 505. The van der Waals surface area contributed by atoms with E-state index in [1.807, 2.05) is 0 Å². The van der Waals surface area contributed by atoms with E-state index >= 15 is 0 Å². The van der Waals surface area contributed by atoms with Crippen LogP contribution in [0.4, 0.5) is 5.69 Å². The molecule has 0 amide bonds. The van der Waals surface area contributed by atoms with Gasteiger partial charge in [0.1, 0.15) is 0 Å². The third kappa shape index (κ3) is 1.29. The van der Waals surface area contributed by atoms with E-state index in [2.05, 4.69) is 53.9 Å². The summed E-state index contributed by atoms with van der Waals surface area (Å²) in [4.78, 5) is 0. The third-order valence-corrected chi connectivity index (χ3v) is 3.10. The predicted molar refractivity (Wildman–Crippen MR) is 64.1 cm³/mol. The Kier molecular flexibility index (Phi) is 1.89. The largest absolute Gasteiger partial charge is 0.311 e. The highest BCUT2D eigenvalue weighted by Gasteiger charge is 2.14. The summed E-state index contributed by atoms with van der Waals surface area (Å²) in [6.45, 7) is 1.03. The fourth-order valence-electron chi connectivity index (χ4n) is 2.34. The number of benzene rings is 2. The monoisotopic (exact) mass is 198 g/mol. The van der Waals surface area contributed by atoms with Gasteiger partial charge < -0.3 is 5.01 Å². The van der Waals surface area contributed by atoms with Crippen LogP contribution in [0.15, 0.2) is 36.4 Å². The normalized spacial score (nSPS) is 15.4. The Morgan fingerprint density at radius 1 is 1.13 bits per heavy atom. The molecule has 0 aliphatic carbocycles. The van der Waals surface area contributed by atoms with Crippen molar-refractivity contribution in [3.05, 3.63) is 42.0 Å². The lowest BCUT2D eigenvalue weighted by atomic mass is 9.99. The maximum atomic E-state index is 3.34. The molecule has 1 aliphatic rings. The maximum Gasteiger partial charge on any atom is 0.0555 e. The van der Waals surface area contributed by atoms with E-state index in [9.17, 15) is 0 Å². The van der Waals surface area contributed by atoms with E-state index in [-0.39, 0.29) is 0 Å². The van der Waals surface area contributed by atoms with Gasteiger partial charge in [-0.3, -0.25) is 0 Å². The van der Waals surface area contributed by atoms with Gasteiger partial charge in [0.2, 0.25) is 0 Å². The highest BCUT2D eigenvalue weighted by molar-refractivity contribution is 5.90. The van der Waals surface area contributed by atoms with E-state index in [0.717, 1.165) is 13.0 Å². The molecule has 15 heavy (non-hydrogen) atoms. The highest BCUT2D eigenvalue weighted by Crippen LogP contribution is 2.29. The van der Waals surface area contributed by atoms with Gasteiger partial charge in [-0.05, 0) is 28.8 Å². The number of nitrogens with zero attached hydrogens (tertiary/aromatic N) is 1. The minimum atomic E-state index is 1.03. The van der Waals surface area contributed by atoms with E-state index < -0.39 is 0 Å². The van der Waals surface area contributed by atoms with E-state index in [0.29, 0.717) is 0 Å². The molecule has 0 unspecified atom stereocenters. The zero-order valence-corrected chi connectivity index (χ0v) is 8.83. The van der Waals surface area contributed by atoms with Crippen LogP contribution in [0.5, 0.6) is 0 Å². The zero-order valence-electron chi connectivity index (χ0n) is 8.83. The Morgan fingerprint density at radius 3 is 2.93 bits per heavy atom. The van der Waals surface area contributed by atoms with Gasteiger partial charge in [0, 0.05) is 13.6 Å². The molecular formula is C13H14N2. The molecule has 2 nitrogen and oxygen atoms in total. The van der Waals surface area contributed by atoms with E-state index in [1.165, 1.54) is 22.0 Å². The molecule has 0 atom stereocenters. The lowest BCUT2D eigenvalue weighted by molar-refractivity contribution is 0.644. The van der Waals surface area contributed by atoms with Gasteiger partial charge in [-0.2, -0.15) is 0 Å². The number of nitrogens with one attached hydrogen (secondary N) is 1. The van der Waals surface area contributed by atoms with Crippen molar-refractivity contribution in [2.75, 3.05) is 18.6 Å². The fourth-order valence-corrected chi connectivity index (χ4v) is 2.34. The van der Waals surface area contributed by atoms with Crippen LogP contribution in [0.25, 0.3) is 10.8 Å². The van der Waals surface area contributed by atoms with Gasteiger partial charge in [-0.1, -0.05) is 30.3 Å². The number of hydrogen-bond acceptors (Lipinski definition) is 2. The van der Waals surface area contributed by atoms with Crippen LogP contribution in [-0.4, -0.2) is 13.6 Å². The van der Waals surface area contributed by atoms with Crippen LogP contribution in [-0.2, 0) is 6.42 Å². The van der Waals surface area contributed by atoms with Gasteiger partial charge in [-0.15, -0.1) is 0 Å². The van der Waals surface area contributed by atoms with Gasteiger partial charge in [0.05, 0.1) is 5.69 Å². The van der Waals surface area contributed by atoms with Crippen molar-refractivity contribution in [3.8, 4) is 0 Å². The Labute approximate surface area is 89.5 Å². The average Bonchev–Trinajstić information content (AvgIpc) is 2.29. The van der Waals surface area contributed by atoms with E-state index in [4.69, 9.17) is 0 Å². The molecule has 0 aromatic heterocycles. The molecule has 0 fully saturated rings. The first-order valence-electron chi connectivity index (χ1n) is 5.34. The van der Waals surface area contributed by atoms with Crippen LogP contribution < -0.4 is 10.4 Å². The molecule has 0 radical (unpaired) electrons. The second-order valence-electron chi connectivity index (χ2n) is 4.00. The predicted octanol–water partition coefficient (Wildman–Crippen LogP) is 2.34. The smallest absolute Gasteiger partial charge is 0.0555 e. The summed E-state index contributed by atoms with van der Waals surface area (Å²) in [5.41, 5.74) is 6.11. The van der Waals surface area contributed by atoms with Crippen molar-refractivity contribution in [1.82, 2.24) is 5.43 Å². The first-order valence-corrected chi connectivity index (χ1v) is 5.34. The first-order chi connectivity index (χ1) is 7.36. The minimum Gasteiger partial charge on any atom is -0.311 e. The molecule has 0 saturated carbocycles. The molecule has 76 valence electrons. The number of hydrazine groups is 1. The van der Waals surface area contributed by atoms with Crippen molar-refractivity contribution < 1.29 is 0 Å². The summed E-state index contributed by atoms with van der Waals surface area (Å²) in [7, 11) is 2.08. The van der Waals surface area contributed by atoms with Crippen LogP contribution in [0, 0.1) is 0 Å². The van der Waals surface area contributed by atoms with E-state index in [1.54, 1.807) is 0 Å². The summed E-state index contributed by atoms with van der Waals surface area (Å²) < 4.78 is 0. The van der Waals surface area contributed by atoms with Crippen LogP contribution in [0.2, 0.25) is 0 Å². The Balaban J connectivity index is 2.33. The molecule has 2 heteroatoms. The Hall–Kier alpha value is -1.54.